The predicted molar refractivity (Wildman–Crippen MR) is 194 cm³/mol. The van der Waals surface area contributed by atoms with Crippen LogP contribution < -0.4 is 10.4 Å². The molecule has 11 heteroatoms. The van der Waals surface area contributed by atoms with Crippen LogP contribution in [-0.2, 0) is 25.8 Å². The number of hydroxylamine groups is 2. The first kappa shape index (κ1) is 39.4. The van der Waals surface area contributed by atoms with Crippen LogP contribution in [-0.4, -0.2) is 90.8 Å². The maximum absolute atomic E-state index is 14.1. The molecule has 2 aliphatic rings. The number of quaternary nitrogens is 1. The lowest BCUT2D eigenvalue weighted by molar-refractivity contribution is -0.803. The van der Waals surface area contributed by atoms with E-state index in [-0.39, 0.29) is 36.8 Å². The Morgan fingerprint density at radius 3 is 2.35 bits per heavy atom. The number of carbonyl (C=O) groups excluding carboxylic acids is 2. The van der Waals surface area contributed by atoms with Crippen molar-refractivity contribution in [1.82, 2.24) is 10.2 Å². The van der Waals surface area contributed by atoms with Gasteiger partial charge >= 0.3 is 5.91 Å². The maximum atomic E-state index is 14.1. The Morgan fingerprint density at radius 2 is 1.65 bits per heavy atom. The number of amides is 2. The molecule has 4 N–H and O–H groups in total. The number of fused-ring (bicyclic) bond motifs is 1. The van der Waals surface area contributed by atoms with Gasteiger partial charge in [0.1, 0.15) is 18.2 Å². The zero-order valence-electron chi connectivity index (χ0n) is 29.5. The van der Waals surface area contributed by atoms with Crippen molar-refractivity contribution in [1.29, 1.82) is 0 Å². The molecule has 2 aromatic carbocycles. The molecule has 0 spiro atoms. The lowest BCUT2D eigenvalue weighted by Gasteiger charge is -2.39. The van der Waals surface area contributed by atoms with E-state index in [1.165, 1.54) is 0 Å². The van der Waals surface area contributed by atoms with Gasteiger partial charge in [-0.3, -0.25) is 4.79 Å². The molecule has 2 fully saturated rings. The number of nitrogens with zero attached hydrogens (tertiary/aromatic N) is 1. The number of hydrogen-bond donors (Lipinski definition) is 4. The standard InChI is InChI=1S/C38H59N3O7S/c1-3-5-21-33(39-37(44)31(27-49(47,48)4-2)25-30-19-14-18-29-17-10-11-20-32(29)30)38(45)41(46)34(24-28-15-8-6-9-16-28)36(43)35(42)26-40-22-12-7-13-23-40/h10-11,14,17-20,28,31,33-36,41-43H,3-9,12-13,15-16,21-27H2,1-2H3,(H,39,44)/t31-,33+,34+,35+,36-/m1/s1. The summed E-state index contributed by atoms with van der Waals surface area (Å²) >= 11 is 0. The number of piperidine rings is 1. The van der Waals surface area contributed by atoms with Crippen LogP contribution in [0.2, 0.25) is 0 Å². The summed E-state index contributed by atoms with van der Waals surface area (Å²) in [6, 6.07) is 11.2. The molecule has 0 aromatic heterocycles. The first-order chi connectivity index (χ1) is 23.5. The molecule has 6 atom stereocenters. The summed E-state index contributed by atoms with van der Waals surface area (Å²) in [5.74, 6) is -2.68. The summed E-state index contributed by atoms with van der Waals surface area (Å²) in [4.78, 5) is 30.2. The average Bonchev–Trinajstić information content (AvgIpc) is 3.12. The molecule has 1 saturated heterocycles. The lowest BCUT2D eigenvalue weighted by atomic mass is 9.82. The number of rotatable bonds is 18. The molecule has 1 unspecified atom stereocenters. The molecular weight excluding hydrogens is 642 g/mol. The van der Waals surface area contributed by atoms with E-state index < -0.39 is 56.9 Å². The van der Waals surface area contributed by atoms with E-state index >= 15 is 0 Å². The van der Waals surface area contributed by atoms with Crippen LogP contribution in [0.15, 0.2) is 42.5 Å². The second-order valence-electron chi connectivity index (χ2n) is 14.4. The Bertz CT molecular complexity index is 1440. The first-order valence-electron chi connectivity index (χ1n) is 18.7. The van der Waals surface area contributed by atoms with E-state index in [1.54, 1.807) is 6.92 Å². The molecule has 49 heavy (non-hydrogen) atoms. The highest BCUT2D eigenvalue weighted by atomic mass is 32.2. The van der Waals surface area contributed by atoms with Gasteiger partial charge in [-0.15, -0.1) is 0 Å². The third kappa shape index (κ3) is 11.6. The summed E-state index contributed by atoms with van der Waals surface area (Å²) < 4.78 is 25.7. The first-order valence-corrected chi connectivity index (χ1v) is 20.5. The van der Waals surface area contributed by atoms with Gasteiger partial charge in [0.15, 0.2) is 9.84 Å². The number of benzene rings is 2. The molecule has 274 valence electrons. The van der Waals surface area contributed by atoms with Crippen molar-refractivity contribution in [3.63, 3.8) is 0 Å². The van der Waals surface area contributed by atoms with Gasteiger partial charge in [-0.2, -0.15) is 0 Å². The van der Waals surface area contributed by atoms with Crippen molar-refractivity contribution in [2.24, 2.45) is 11.8 Å². The fourth-order valence-electron chi connectivity index (χ4n) is 7.67. The van der Waals surface area contributed by atoms with Gasteiger partial charge in [-0.1, -0.05) is 108 Å². The normalized spacial score (nSPS) is 20.3. The average molecular weight is 702 g/mol. The fourth-order valence-corrected chi connectivity index (χ4v) is 8.79. The molecule has 4 rings (SSSR count). The molecule has 0 radical (unpaired) electrons. The number of sulfone groups is 1. The highest BCUT2D eigenvalue weighted by Crippen LogP contribution is 2.28. The van der Waals surface area contributed by atoms with Crippen molar-refractivity contribution in [3.05, 3.63) is 53.2 Å². The maximum Gasteiger partial charge on any atom is 0.334 e. The SMILES string of the molecule is CCCC[C@H](NC(=O)[C@H](Cc1cccc2ccccc12)CS(=O)(=O)CC)C(=O)[NH+]([O-])[C@@H](CC1CCCCC1)[C@@H](O)[C@@H](O)CN1CCCCC1. The molecule has 1 aliphatic heterocycles. The molecule has 2 aromatic rings. The monoisotopic (exact) mass is 701 g/mol. The van der Waals surface area contributed by atoms with Crippen LogP contribution >= 0.6 is 0 Å². The van der Waals surface area contributed by atoms with Gasteiger partial charge in [0, 0.05) is 18.7 Å². The van der Waals surface area contributed by atoms with E-state index in [0.29, 0.717) is 12.8 Å². The molecule has 0 bridgehead atoms. The van der Waals surface area contributed by atoms with Gasteiger partial charge < -0.3 is 30.7 Å². The Hall–Kier alpha value is -2.41. The summed E-state index contributed by atoms with van der Waals surface area (Å²) in [6.45, 7) is 5.38. The number of unbranched alkanes of at least 4 members (excludes halogenated alkanes) is 1. The minimum Gasteiger partial charge on any atom is -0.626 e. The van der Waals surface area contributed by atoms with Gasteiger partial charge in [0.25, 0.3) is 0 Å². The van der Waals surface area contributed by atoms with Gasteiger partial charge in [-0.05, 0) is 61.0 Å². The summed E-state index contributed by atoms with van der Waals surface area (Å²) in [5.41, 5.74) is 0.829. The molecular formula is C38H59N3O7S. The van der Waals surface area contributed by atoms with E-state index in [9.17, 15) is 33.4 Å². The lowest BCUT2D eigenvalue weighted by Crippen LogP contribution is -3.17. The van der Waals surface area contributed by atoms with Crippen molar-refractivity contribution in [3.8, 4) is 0 Å². The summed E-state index contributed by atoms with van der Waals surface area (Å²) in [6.07, 6.45) is 7.55. The van der Waals surface area contributed by atoms with Crippen molar-refractivity contribution in [2.45, 2.75) is 122 Å². The zero-order chi connectivity index (χ0) is 35.4. The minimum atomic E-state index is -3.57. The molecule has 1 aliphatic carbocycles. The van der Waals surface area contributed by atoms with E-state index in [2.05, 4.69) is 10.2 Å². The Balaban J connectivity index is 1.57. The number of aliphatic hydroxyl groups excluding tert-OH is 2. The largest absolute Gasteiger partial charge is 0.626 e. The van der Waals surface area contributed by atoms with Gasteiger partial charge in [0.05, 0.1) is 17.8 Å². The highest BCUT2D eigenvalue weighted by Gasteiger charge is 2.40. The number of aliphatic hydroxyl groups is 2. The quantitative estimate of drug-likeness (QED) is 0.172. The van der Waals surface area contributed by atoms with Crippen LogP contribution in [0, 0.1) is 17.0 Å². The number of likely N-dealkylation sites (tertiary alicyclic amines) is 1. The zero-order valence-corrected chi connectivity index (χ0v) is 30.3. The van der Waals surface area contributed by atoms with Gasteiger partial charge in [-0.25, -0.2) is 13.2 Å². The predicted octanol–water partition coefficient (Wildman–Crippen LogP) is 3.56. The summed E-state index contributed by atoms with van der Waals surface area (Å²) in [7, 11) is -3.57. The Kier molecular flexibility index (Phi) is 15.5. The molecule has 2 amide bonds. The second kappa shape index (κ2) is 19.3. The van der Waals surface area contributed by atoms with Crippen LogP contribution in [0.25, 0.3) is 10.8 Å². The van der Waals surface area contributed by atoms with E-state index in [1.807, 2.05) is 49.4 Å². The van der Waals surface area contributed by atoms with Crippen LogP contribution in [0.5, 0.6) is 0 Å². The molecule has 1 saturated carbocycles. The van der Waals surface area contributed by atoms with Crippen LogP contribution in [0.3, 0.4) is 0 Å². The highest BCUT2D eigenvalue weighted by molar-refractivity contribution is 7.91. The van der Waals surface area contributed by atoms with E-state index in [4.69, 9.17) is 0 Å². The third-order valence-electron chi connectivity index (χ3n) is 10.7. The minimum absolute atomic E-state index is 0.122. The van der Waals surface area contributed by atoms with Gasteiger partial charge in [0.2, 0.25) is 5.91 Å². The number of hydrogen-bond acceptors (Lipinski definition) is 8. The topological polar surface area (TPSA) is 152 Å². The number of nitrogens with one attached hydrogen (secondary N) is 2. The Labute approximate surface area is 293 Å². The molecule has 1 heterocycles. The van der Waals surface area contributed by atoms with Crippen molar-refractivity contribution in [2.75, 3.05) is 31.1 Å². The third-order valence-corrected chi connectivity index (χ3v) is 12.5. The Morgan fingerprint density at radius 1 is 0.980 bits per heavy atom. The van der Waals surface area contributed by atoms with Crippen LogP contribution in [0.1, 0.15) is 96.5 Å². The fraction of sp³-hybridized carbons (Fsp3) is 0.684. The van der Waals surface area contributed by atoms with Crippen molar-refractivity contribution < 1.29 is 33.3 Å². The molecule has 10 nitrogen and oxygen atoms in total. The van der Waals surface area contributed by atoms with E-state index in [0.717, 1.165) is 87.2 Å². The van der Waals surface area contributed by atoms with Crippen molar-refractivity contribution >= 4 is 32.4 Å². The smallest absolute Gasteiger partial charge is 0.334 e. The van der Waals surface area contributed by atoms with Crippen LogP contribution in [0.4, 0.5) is 0 Å². The summed E-state index contributed by atoms with van der Waals surface area (Å²) in [5, 5.41) is 40.7. The number of carbonyl (C=O) groups is 2. The number of β-amino-alcohol motifs (C(OH)–C–C–N with tert-alkyl or cyclic N) is 1. The second-order valence-corrected chi connectivity index (χ2v) is 16.8.